The van der Waals surface area contributed by atoms with Crippen molar-refractivity contribution in [3.8, 4) is 0 Å². The van der Waals surface area contributed by atoms with Gasteiger partial charge >= 0.3 is 0 Å². The summed E-state index contributed by atoms with van der Waals surface area (Å²) in [6.07, 6.45) is 0.872. The summed E-state index contributed by atoms with van der Waals surface area (Å²) in [4.78, 5) is 3.83. The zero-order chi connectivity index (χ0) is 9.84. The maximum Gasteiger partial charge on any atom is 0.109 e. The molecule has 1 aromatic heterocycles. The fourth-order valence-electron chi connectivity index (χ4n) is 1.09. The Morgan fingerprint density at radius 2 is 2.15 bits per heavy atom. The van der Waals surface area contributed by atoms with Crippen molar-refractivity contribution in [2.75, 3.05) is 6.61 Å². The summed E-state index contributed by atoms with van der Waals surface area (Å²) in [6.45, 7) is 1.35. The monoisotopic (exact) mass is 183 g/mol. The van der Waals surface area contributed by atoms with E-state index in [2.05, 4.69) is 4.98 Å². The van der Waals surface area contributed by atoms with Crippen LogP contribution in [0.3, 0.4) is 0 Å². The lowest BCUT2D eigenvalue weighted by atomic mass is 10.0. The number of aliphatic hydroxyl groups excluding tert-OH is 3. The molecule has 4 heteroatoms. The average Bonchev–Trinajstić information content (AvgIpc) is 2.16. The molecule has 1 heterocycles. The van der Waals surface area contributed by atoms with E-state index in [1.807, 2.05) is 6.92 Å². The summed E-state index contributed by atoms with van der Waals surface area (Å²) in [6, 6.07) is 1.74. The van der Waals surface area contributed by atoms with Crippen LogP contribution in [0.2, 0.25) is 0 Å². The first-order valence-corrected chi connectivity index (χ1v) is 4.04. The third-order valence-corrected chi connectivity index (χ3v) is 1.95. The number of nitrogens with zero attached hydrogens (tertiary/aromatic N) is 1. The molecule has 2 unspecified atom stereocenters. The van der Waals surface area contributed by atoms with Gasteiger partial charge in [-0.15, -0.1) is 0 Å². The molecule has 0 aliphatic carbocycles. The quantitative estimate of drug-likeness (QED) is 0.605. The second-order valence-electron chi connectivity index (χ2n) is 2.93. The maximum absolute atomic E-state index is 9.52. The highest BCUT2D eigenvalue weighted by Gasteiger charge is 2.18. The maximum atomic E-state index is 9.52. The zero-order valence-electron chi connectivity index (χ0n) is 7.38. The first kappa shape index (κ1) is 10.1. The predicted octanol–water partition coefficient (Wildman–Crippen LogP) is -0.223. The van der Waals surface area contributed by atoms with Crippen molar-refractivity contribution in [1.29, 1.82) is 0 Å². The van der Waals surface area contributed by atoms with E-state index in [4.69, 9.17) is 5.11 Å². The Kier molecular flexibility index (Phi) is 3.36. The third-order valence-electron chi connectivity index (χ3n) is 1.95. The van der Waals surface area contributed by atoms with Crippen LogP contribution < -0.4 is 0 Å². The van der Waals surface area contributed by atoms with Crippen molar-refractivity contribution >= 4 is 0 Å². The van der Waals surface area contributed by atoms with Crippen LogP contribution in [-0.4, -0.2) is 33.0 Å². The van der Waals surface area contributed by atoms with Gasteiger partial charge in [-0.2, -0.15) is 0 Å². The summed E-state index contributed by atoms with van der Waals surface area (Å²) in [5, 5.41) is 27.3. The molecule has 0 aromatic carbocycles. The Balaban J connectivity index is 2.88. The van der Waals surface area contributed by atoms with E-state index < -0.39 is 18.8 Å². The molecule has 1 rings (SSSR count). The SMILES string of the molecule is Cc1ccncc1C(O)C(O)CO. The molecular weight excluding hydrogens is 170 g/mol. The molecular formula is C9H13NO3. The van der Waals surface area contributed by atoms with Gasteiger partial charge in [0.25, 0.3) is 0 Å². The predicted molar refractivity (Wildman–Crippen MR) is 47.0 cm³/mol. The van der Waals surface area contributed by atoms with E-state index in [-0.39, 0.29) is 0 Å². The van der Waals surface area contributed by atoms with Crippen molar-refractivity contribution in [3.05, 3.63) is 29.6 Å². The number of hydrogen-bond acceptors (Lipinski definition) is 4. The highest BCUT2D eigenvalue weighted by Crippen LogP contribution is 2.18. The van der Waals surface area contributed by atoms with E-state index in [9.17, 15) is 10.2 Å². The lowest BCUT2D eigenvalue weighted by Crippen LogP contribution is -2.22. The van der Waals surface area contributed by atoms with Crippen molar-refractivity contribution in [2.45, 2.75) is 19.1 Å². The van der Waals surface area contributed by atoms with E-state index in [0.29, 0.717) is 5.56 Å². The molecule has 0 saturated carbocycles. The van der Waals surface area contributed by atoms with Gasteiger partial charge < -0.3 is 15.3 Å². The van der Waals surface area contributed by atoms with E-state index in [1.54, 1.807) is 12.3 Å². The van der Waals surface area contributed by atoms with Gasteiger partial charge in [-0.25, -0.2) is 0 Å². The van der Waals surface area contributed by atoms with Gasteiger partial charge in [0.2, 0.25) is 0 Å². The molecule has 2 atom stereocenters. The van der Waals surface area contributed by atoms with Crippen LogP contribution in [0, 0.1) is 6.92 Å². The molecule has 0 aliphatic rings. The van der Waals surface area contributed by atoms with Gasteiger partial charge in [0.1, 0.15) is 12.2 Å². The van der Waals surface area contributed by atoms with Crippen molar-refractivity contribution in [1.82, 2.24) is 4.98 Å². The van der Waals surface area contributed by atoms with Gasteiger partial charge in [0, 0.05) is 18.0 Å². The molecule has 1 aromatic rings. The molecule has 4 nitrogen and oxygen atoms in total. The topological polar surface area (TPSA) is 73.6 Å². The molecule has 0 fully saturated rings. The molecule has 72 valence electrons. The molecule has 0 bridgehead atoms. The van der Waals surface area contributed by atoms with E-state index in [1.165, 1.54) is 6.20 Å². The molecule has 13 heavy (non-hydrogen) atoms. The molecule has 0 saturated heterocycles. The second-order valence-corrected chi connectivity index (χ2v) is 2.93. The molecule has 0 aliphatic heterocycles. The minimum Gasteiger partial charge on any atom is -0.394 e. The smallest absolute Gasteiger partial charge is 0.109 e. The Hall–Kier alpha value is -0.970. The van der Waals surface area contributed by atoms with Crippen molar-refractivity contribution in [2.24, 2.45) is 0 Å². The Bertz CT molecular complexity index is 277. The van der Waals surface area contributed by atoms with Crippen molar-refractivity contribution < 1.29 is 15.3 Å². The van der Waals surface area contributed by atoms with Crippen LogP contribution in [0.1, 0.15) is 17.2 Å². The fourth-order valence-corrected chi connectivity index (χ4v) is 1.09. The first-order valence-electron chi connectivity index (χ1n) is 4.04. The highest BCUT2D eigenvalue weighted by molar-refractivity contribution is 5.24. The third kappa shape index (κ3) is 2.24. The highest BCUT2D eigenvalue weighted by atomic mass is 16.4. The van der Waals surface area contributed by atoms with Gasteiger partial charge in [0.05, 0.1) is 6.61 Å². The summed E-state index contributed by atoms with van der Waals surface area (Å²) in [7, 11) is 0. The number of hydrogen-bond donors (Lipinski definition) is 3. The van der Waals surface area contributed by atoms with Gasteiger partial charge in [-0.1, -0.05) is 0 Å². The molecule has 0 amide bonds. The van der Waals surface area contributed by atoms with Crippen LogP contribution in [0.4, 0.5) is 0 Å². The minimum absolute atomic E-state index is 0.463. The van der Waals surface area contributed by atoms with Crippen LogP contribution in [0.5, 0.6) is 0 Å². The molecule has 0 spiro atoms. The number of rotatable bonds is 3. The summed E-state index contributed by atoms with van der Waals surface area (Å²) in [5.74, 6) is 0. The normalized spacial score (nSPS) is 15.4. The number of aliphatic hydroxyl groups is 3. The fraction of sp³-hybridized carbons (Fsp3) is 0.444. The summed E-state index contributed by atoms with van der Waals surface area (Å²) < 4.78 is 0. The van der Waals surface area contributed by atoms with Crippen LogP contribution >= 0.6 is 0 Å². The Morgan fingerprint density at radius 3 is 2.69 bits per heavy atom. The standard InChI is InChI=1S/C9H13NO3/c1-6-2-3-10-4-7(6)9(13)8(12)5-11/h2-4,8-9,11-13H,5H2,1H3. The van der Waals surface area contributed by atoms with Gasteiger partial charge in [-0.3, -0.25) is 4.98 Å². The first-order chi connectivity index (χ1) is 6.16. The largest absolute Gasteiger partial charge is 0.394 e. The summed E-state index contributed by atoms with van der Waals surface area (Å²) >= 11 is 0. The molecule has 0 radical (unpaired) electrons. The van der Waals surface area contributed by atoms with Crippen LogP contribution in [0.15, 0.2) is 18.5 Å². The summed E-state index contributed by atoms with van der Waals surface area (Å²) in [5.41, 5.74) is 1.39. The Morgan fingerprint density at radius 1 is 1.46 bits per heavy atom. The van der Waals surface area contributed by atoms with E-state index in [0.717, 1.165) is 5.56 Å². The lowest BCUT2D eigenvalue weighted by molar-refractivity contribution is -0.0156. The Labute approximate surface area is 76.5 Å². The van der Waals surface area contributed by atoms with Crippen LogP contribution in [0.25, 0.3) is 0 Å². The van der Waals surface area contributed by atoms with Crippen LogP contribution in [-0.2, 0) is 0 Å². The zero-order valence-corrected chi connectivity index (χ0v) is 7.38. The van der Waals surface area contributed by atoms with Gasteiger partial charge in [-0.05, 0) is 18.6 Å². The number of pyridine rings is 1. The van der Waals surface area contributed by atoms with Gasteiger partial charge in [0.15, 0.2) is 0 Å². The second kappa shape index (κ2) is 4.32. The number of aryl methyl sites for hydroxylation is 1. The van der Waals surface area contributed by atoms with E-state index >= 15 is 0 Å². The molecule has 3 N–H and O–H groups in total. The number of aromatic nitrogens is 1. The minimum atomic E-state index is -1.15. The van der Waals surface area contributed by atoms with Crippen molar-refractivity contribution in [3.63, 3.8) is 0 Å². The lowest BCUT2D eigenvalue weighted by Gasteiger charge is -2.16. The average molecular weight is 183 g/mol.